The second kappa shape index (κ2) is 11.3. The third kappa shape index (κ3) is 6.68. The lowest BCUT2D eigenvalue weighted by Gasteiger charge is -2.12. The Balaban J connectivity index is 0.000000176. The summed E-state index contributed by atoms with van der Waals surface area (Å²) in [6.07, 6.45) is 10.4. The van der Waals surface area contributed by atoms with Gasteiger partial charge < -0.3 is 9.47 Å². The van der Waals surface area contributed by atoms with Crippen molar-refractivity contribution >= 4 is 23.7 Å². The fraction of sp³-hybridized carbons (Fsp3) is 0.333. The molecule has 2 fully saturated rings. The van der Waals surface area contributed by atoms with Crippen molar-refractivity contribution in [2.75, 3.05) is 14.2 Å². The lowest BCUT2D eigenvalue weighted by Crippen LogP contribution is -2.07. The van der Waals surface area contributed by atoms with Crippen LogP contribution in [0.25, 0.3) is 12.2 Å². The number of rotatable bonds is 4. The zero-order valence-corrected chi connectivity index (χ0v) is 18.4. The van der Waals surface area contributed by atoms with Gasteiger partial charge in [0.1, 0.15) is 11.5 Å². The maximum absolute atomic E-state index is 11.6. The molecule has 2 aliphatic carbocycles. The Bertz CT molecular complexity index is 950. The number of methoxy groups -OCH3 is 2. The van der Waals surface area contributed by atoms with E-state index in [1.165, 1.54) is 0 Å². The molecule has 2 aromatic rings. The molecule has 31 heavy (non-hydrogen) atoms. The predicted octanol–water partition coefficient (Wildman–Crippen LogP) is 6.05. The number of Topliss-reactive ketones (excluding diaryl/α,β-unsaturated/α-hetero) is 2. The fourth-order valence-corrected chi connectivity index (χ4v) is 3.75. The van der Waals surface area contributed by atoms with Crippen LogP contribution in [0.15, 0.2) is 59.7 Å². The van der Waals surface area contributed by atoms with E-state index in [-0.39, 0.29) is 0 Å². The summed E-state index contributed by atoms with van der Waals surface area (Å²) in [5, 5.41) is 0. The monoisotopic (exact) mass is 418 g/mol. The van der Waals surface area contributed by atoms with Gasteiger partial charge in [-0.2, -0.15) is 0 Å². The van der Waals surface area contributed by atoms with Crippen LogP contribution in [0.3, 0.4) is 0 Å². The van der Waals surface area contributed by atoms with E-state index in [1.54, 1.807) is 14.2 Å². The van der Waals surface area contributed by atoms with Gasteiger partial charge in [0.05, 0.1) is 14.2 Å². The highest BCUT2D eigenvalue weighted by molar-refractivity contribution is 6.01. The lowest BCUT2D eigenvalue weighted by atomic mass is 9.92. The Kier molecular flexibility index (Phi) is 8.22. The molecule has 0 saturated heterocycles. The first kappa shape index (κ1) is 22.5. The van der Waals surface area contributed by atoms with E-state index in [2.05, 4.69) is 0 Å². The van der Waals surface area contributed by atoms with Crippen LogP contribution in [0.4, 0.5) is 0 Å². The first-order chi connectivity index (χ1) is 15.1. The van der Waals surface area contributed by atoms with Gasteiger partial charge in [-0.1, -0.05) is 24.3 Å². The number of allylic oxidation sites excluding steroid dienone is 2. The lowest BCUT2D eigenvalue weighted by molar-refractivity contribution is -0.116. The molecule has 0 aliphatic heterocycles. The minimum atomic E-state index is 0.297. The highest BCUT2D eigenvalue weighted by Gasteiger charge is 2.16. The van der Waals surface area contributed by atoms with Gasteiger partial charge in [0.15, 0.2) is 11.6 Å². The Morgan fingerprint density at radius 3 is 1.35 bits per heavy atom. The van der Waals surface area contributed by atoms with Crippen molar-refractivity contribution in [1.29, 1.82) is 0 Å². The molecular weight excluding hydrogens is 388 g/mol. The smallest absolute Gasteiger partial charge is 0.158 e. The van der Waals surface area contributed by atoms with Crippen LogP contribution in [0, 0.1) is 0 Å². The van der Waals surface area contributed by atoms with Gasteiger partial charge >= 0.3 is 0 Å². The van der Waals surface area contributed by atoms with E-state index in [1.807, 2.05) is 60.7 Å². The molecule has 0 N–H and O–H groups in total. The number of carbonyl (C=O) groups is 2. The van der Waals surface area contributed by atoms with Crippen LogP contribution in [-0.4, -0.2) is 25.8 Å². The zero-order valence-electron chi connectivity index (χ0n) is 18.4. The summed E-state index contributed by atoms with van der Waals surface area (Å²) < 4.78 is 10.2. The van der Waals surface area contributed by atoms with Gasteiger partial charge in [0, 0.05) is 12.8 Å². The highest BCUT2D eigenvalue weighted by Crippen LogP contribution is 2.24. The van der Waals surface area contributed by atoms with Crippen LogP contribution in [0.1, 0.15) is 56.1 Å². The molecule has 0 heterocycles. The van der Waals surface area contributed by atoms with Crippen molar-refractivity contribution in [2.24, 2.45) is 0 Å². The fourth-order valence-electron chi connectivity index (χ4n) is 3.75. The van der Waals surface area contributed by atoms with Crippen molar-refractivity contribution in [2.45, 2.75) is 44.9 Å². The minimum Gasteiger partial charge on any atom is -0.497 e. The van der Waals surface area contributed by atoms with Crippen LogP contribution in [0.2, 0.25) is 0 Å². The van der Waals surface area contributed by atoms with Crippen LogP contribution in [0.5, 0.6) is 11.5 Å². The summed E-state index contributed by atoms with van der Waals surface area (Å²) in [6.45, 7) is 0. The Morgan fingerprint density at radius 1 is 0.581 bits per heavy atom. The summed E-state index contributed by atoms with van der Waals surface area (Å²) in [7, 11) is 3.30. The van der Waals surface area contributed by atoms with E-state index in [0.29, 0.717) is 24.4 Å². The first-order valence-electron chi connectivity index (χ1n) is 10.8. The summed E-state index contributed by atoms with van der Waals surface area (Å²) in [4.78, 5) is 23.0. The molecule has 0 bridgehead atoms. The summed E-state index contributed by atoms with van der Waals surface area (Å²) in [6, 6.07) is 15.5. The Morgan fingerprint density at radius 2 is 0.968 bits per heavy atom. The maximum Gasteiger partial charge on any atom is 0.158 e. The molecule has 2 aromatic carbocycles. The number of carbonyl (C=O) groups excluding carboxylic acids is 2. The summed E-state index contributed by atoms with van der Waals surface area (Å²) >= 11 is 0. The molecule has 0 amide bonds. The number of hydrogen-bond acceptors (Lipinski definition) is 4. The standard InChI is InChI=1S/C14H16O2.C13H14O2/c1-16-13-8-6-11(7-9-13)10-12-4-2-3-5-14(12)15;1-15-12-7-5-10(6-8-12)9-11-3-2-4-13(11)14/h6-10H,2-5H2,1H3;5-9H,2-4H2,1H3/b12-10+;11-9+. The van der Waals surface area contributed by atoms with Crippen molar-refractivity contribution in [3.63, 3.8) is 0 Å². The van der Waals surface area contributed by atoms with Crippen LogP contribution >= 0.6 is 0 Å². The number of benzene rings is 2. The summed E-state index contributed by atoms with van der Waals surface area (Å²) in [5.41, 5.74) is 4.07. The third-order valence-electron chi connectivity index (χ3n) is 5.58. The Hall–Kier alpha value is -3.14. The van der Waals surface area contributed by atoms with E-state index >= 15 is 0 Å². The number of ether oxygens (including phenoxy) is 2. The molecular formula is C27H30O4. The van der Waals surface area contributed by atoms with Crippen molar-refractivity contribution < 1.29 is 19.1 Å². The van der Waals surface area contributed by atoms with Gasteiger partial charge in [-0.3, -0.25) is 9.59 Å². The SMILES string of the molecule is COc1ccc(/C=C2\CCCC2=O)cc1.COc1ccc(/C=C2\CCCCC2=O)cc1. The van der Waals surface area contributed by atoms with Gasteiger partial charge in [-0.15, -0.1) is 0 Å². The highest BCUT2D eigenvalue weighted by atomic mass is 16.5. The topological polar surface area (TPSA) is 52.6 Å². The molecule has 0 spiro atoms. The second-order valence-electron chi connectivity index (χ2n) is 7.79. The molecule has 0 unspecified atom stereocenters. The predicted molar refractivity (Wildman–Crippen MR) is 124 cm³/mol. The number of hydrogen-bond donors (Lipinski definition) is 0. The van der Waals surface area contributed by atoms with Gasteiger partial charge in [0.2, 0.25) is 0 Å². The van der Waals surface area contributed by atoms with E-state index < -0.39 is 0 Å². The van der Waals surface area contributed by atoms with Gasteiger partial charge in [0.25, 0.3) is 0 Å². The molecule has 2 saturated carbocycles. The van der Waals surface area contributed by atoms with Crippen LogP contribution in [-0.2, 0) is 9.59 Å². The average molecular weight is 419 g/mol. The van der Waals surface area contributed by atoms with Gasteiger partial charge in [-0.25, -0.2) is 0 Å². The quantitative estimate of drug-likeness (QED) is 0.567. The molecule has 4 rings (SSSR count). The van der Waals surface area contributed by atoms with Crippen molar-refractivity contribution in [3.05, 3.63) is 70.8 Å². The second-order valence-corrected chi connectivity index (χ2v) is 7.79. The van der Waals surface area contributed by atoms with Crippen molar-refractivity contribution in [3.8, 4) is 11.5 Å². The van der Waals surface area contributed by atoms with Gasteiger partial charge in [-0.05, 0) is 90.8 Å². The van der Waals surface area contributed by atoms with Crippen molar-refractivity contribution in [1.82, 2.24) is 0 Å². The average Bonchev–Trinajstić information content (AvgIpc) is 3.21. The molecule has 0 aromatic heterocycles. The van der Waals surface area contributed by atoms with E-state index in [4.69, 9.17) is 9.47 Å². The Labute approximate surface area is 184 Å². The molecule has 4 heteroatoms. The first-order valence-corrected chi connectivity index (χ1v) is 10.8. The number of ketones is 2. The molecule has 2 aliphatic rings. The maximum atomic E-state index is 11.6. The van der Waals surface area contributed by atoms with E-state index in [9.17, 15) is 9.59 Å². The minimum absolute atomic E-state index is 0.297. The largest absolute Gasteiger partial charge is 0.497 e. The molecule has 0 atom stereocenters. The normalized spacial score (nSPS) is 18.6. The summed E-state index contributed by atoms with van der Waals surface area (Å²) in [5.74, 6) is 2.29. The third-order valence-corrected chi connectivity index (χ3v) is 5.58. The molecule has 162 valence electrons. The zero-order chi connectivity index (χ0) is 22.1. The molecule has 4 nitrogen and oxygen atoms in total. The van der Waals surface area contributed by atoms with E-state index in [0.717, 1.165) is 65.9 Å². The van der Waals surface area contributed by atoms with Crippen LogP contribution < -0.4 is 9.47 Å². The molecule has 0 radical (unpaired) electrons.